The topological polar surface area (TPSA) is 87.0 Å². The highest BCUT2D eigenvalue weighted by Crippen LogP contribution is 2.19. The van der Waals surface area contributed by atoms with Gasteiger partial charge in [-0.25, -0.2) is 4.79 Å². The molecule has 3 aromatic rings. The lowest BCUT2D eigenvalue weighted by Gasteiger charge is -2.13. The fourth-order valence-corrected chi connectivity index (χ4v) is 2.58. The SMILES string of the molecule is N#CCc1ccc(OCc2ccccc2NC(=O)NCc2cccnc2)cc1. The number of hydrogen-bond acceptors (Lipinski definition) is 4. The first-order chi connectivity index (χ1) is 13.7. The minimum atomic E-state index is -0.294. The molecular weight excluding hydrogens is 352 g/mol. The van der Waals surface area contributed by atoms with Gasteiger partial charge < -0.3 is 15.4 Å². The van der Waals surface area contributed by atoms with Gasteiger partial charge in [0.1, 0.15) is 12.4 Å². The molecule has 2 amide bonds. The molecule has 6 nitrogen and oxygen atoms in total. The summed E-state index contributed by atoms with van der Waals surface area (Å²) in [6.07, 6.45) is 3.78. The molecule has 0 radical (unpaired) electrons. The number of para-hydroxylation sites is 1. The molecule has 0 aliphatic heterocycles. The molecule has 0 fully saturated rings. The van der Waals surface area contributed by atoms with E-state index in [4.69, 9.17) is 10.00 Å². The Balaban J connectivity index is 1.56. The minimum absolute atomic E-state index is 0.294. The number of nitrogens with zero attached hydrogens (tertiary/aromatic N) is 2. The van der Waals surface area contributed by atoms with Crippen molar-refractivity contribution in [3.8, 4) is 11.8 Å². The molecule has 2 aromatic carbocycles. The smallest absolute Gasteiger partial charge is 0.319 e. The van der Waals surface area contributed by atoms with Crippen molar-refractivity contribution in [1.29, 1.82) is 5.26 Å². The Bertz CT molecular complexity index is 950. The first-order valence-corrected chi connectivity index (χ1v) is 8.85. The third kappa shape index (κ3) is 5.58. The van der Waals surface area contributed by atoms with Crippen LogP contribution < -0.4 is 15.4 Å². The largest absolute Gasteiger partial charge is 0.489 e. The van der Waals surface area contributed by atoms with Crippen molar-refractivity contribution in [2.24, 2.45) is 0 Å². The van der Waals surface area contributed by atoms with Crippen molar-refractivity contribution in [2.45, 2.75) is 19.6 Å². The number of anilines is 1. The molecule has 0 aliphatic carbocycles. The maximum Gasteiger partial charge on any atom is 0.319 e. The summed E-state index contributed by atoms with van der Waals surface area (Å²) in [7, 11) is 0. The van der Waals surface area contributed by atoms with Gasteiger partial charge in [-0.2, -0.15) is 5.26 Å². The molecule has 0 saturated heterocycles. The van der Waals surface area contributed by atoms with E-state index in [1.54, 1.807) is 12.4 Å². The number of amides is 2. The van der Waals surface area contributed by atoms with Crippen LogP contribution in [-0.4, -0.2) is 11.0 Å². The zero-order valence-corrected chi connectivity index (χ0v) is 15.3. The van der Waals surface area contributed by atoms with E-state index < -0.39 is 0 Å². The second-order valence-electron chi connectivity index (χ2n) is 6.09. The van der Waals surface area contributed by atoms with Gasteiger partial charge in [-0.05, 0) is 35.4 Å². The molecule has 0 saturated carbocycles. The first-order valence-electron chi connectivity index (χ1n) is 8.85. The number of nitrogens with one attached hydrogen (secondary N) is 2. The third-order valence-corrected chi connectivity index (χ3v) is 4.04. The second-order valence-corrected chi connectivity index (χ2v) is 6.09. The van der Waals surface area contributed by atoms with Crippen molar-refractivity contribution in [1.82, 2.24) is 10.3 Å². The first kappa shape index (κ1) is 18.9. The summed E-state index contributed by atoms with van der Waals surface area (Å²) in [6.45, 7) is 0.712. The van der Waals surface area contributed by atoms with Crippen LogP contribution in [0, 0.1) is 11.3 Å². The van der Waals surface area contributed by atoms with Crippen molar-refractivity contribution in [3.05, 3.63) is 89.7 Å². The molecule has 1 heterocycles. The van der Waals surface area contributed by atoms with Crippen molar-refractivity contribution < 1.29 is 9.53 Å². The molecule has 0 bridgehead atoms. The van der Waals surface area contributed by atoms with Crippen molar-refractivity contribution in [2.75, 3.05) is 5.32 Å². The summed E-state index contributed by atoms with van der Waals surface area (Å²) in [6, 6.07) is 20.5. The molecule has 2 N–H and O–H groups in total. The third-order valence-electron chi connectivity index (χ3n) is 4.04. The molecule has 0 unspecified atom stereocenters. The van der Waals surface area contributed by atoms with Crippen LogP contribution in [0.5, 0.6) is 5.75 Å². The predicted molar refractivity (Wildman–Crippen MR) is 107 cm³/mol. The highest BCUT2D eigenvalue weighted by molar-refractivity contribution is 5.90. The number of benzene rings is 2. The van der Waals surface area contributed by atoms with Gasteiger partial charge in [0.15, 0.2) is 0 Å². The van der Waals surface area contributed by atoms with Gasteiger partial charge in [0.25, 0.3) is 0 Å². The summed E-state index contributed by atoms with van der Waals surface area (Å²) >= 11 is 0. The summed E-state index contributed by atoms with van der Waals surface area (Å²) < 4.78 is 5.81. The number of aromatic nitrogens is 1. The van der Waals surface area contributed by atoms with Crippen LogP contribution in [0.4, 0.5) is 10.5 Å². The normalized spacial score (nSPS) is 9.96. The maximum absolute atomic E-state index is 12.2. The lowest BCUT2D eigenvalue weighted by atomic mass is 10.1. The second kappa shape index (κ2) is 9.74. The van der Waals surface area contributed by atoms with E-state index in [0.717, 1.165) is 16.7 Å². The van der Waals surface area contributed by atoms with Crippen molar-refractivity contribution >= 4 is 11.7 Å². The number of ether oxygens (including phenoxy) is 1. The minimum Gasteiger partial charge on any atom is -0.489 e. The number of carbonyl (C=O) groups is 1. The summed E-state index contributed by atoms with van der Waals surface area (Å²) in [5.74, 6) is 0.706. The van der Waals surface area contributed by atoms with Crippen LogP contribution in [0.1, 0.15) is 16.7 Å². The molecule has 6 heteroatoms. The zero-order chi connectivity index (χ0) is 19.6. The summed E-state index contributed by atoms with van der Waals surface area (Å²) in [5.41, 5.74) is 3.42. The fourth-order valence-electron chi connectivity index (χ4n) is 2.58. The van der Waals surface area contributed by atoms with E-state index in [1.807, 2.05) is 60.7 Å². The monoisotopic (exact) mass is 372 g/mol. The quantitative estimate of drug-likeness (QED) is 0.655. The van der Waals surface area contributed by atoms with Crippen LogP contribution in [-0.2, 0) is 19.6 Å². The Hall–Kier alpha value is -3.85. The van der Waals surface area contributed by atoms with E-state index in [0.29, 0.717) is 31.0 Å². The van der Waals surface area contributed by atoms with Gasteiger partial charge in [0.2, 0.25) is 0 Å². The molecule has 1 aromatic heterocycles. The average molecular weight is 372 g/mol. The molecular formula is C22H20N4O2. The Labute approximate surface area is 163 Å². The lowest BCUT2D eigenvalue weighted by molar-refractivity contribution is 0.251. The predicted octanol–water partition coefficient (Wildman–Crippen LogP) is 4.05. The van der Waals surface area contributed by atoms with E-state index >= 15 is 0 Å². The molecule has 0 atom stereocenters. The van der Waals surface area contributed by atoms with Crippen molar-refractivity contribution in [3.63, 3.8) is 0 Å². The molecule has 28 heavy (non-hydrogen) atoms. The molecule has 140 valence electrons. The lowest BCUT2D eigenvalue weighted by Crippen LogP contribution is -2.28. The number of hydrogen-bond donors (Lipinski definition) is 2. The van der Waals surface area contributed by atoms with Crippen LogP contribution in [0.15, 0.2) is 73.1 Å². The summed E-state index contributed by atoms with van der Waals surface area (Å²) in [5, 5.41) is 14.4. The highest BCUT2D eigenvalue weighted by atomic mass is 16.5. The van der Waals surface area contributed by atoms with Crippen LogP contribution in [0.3, 0.4) is 0 Å². The number of rotatable bonds is 7. The van der Waals surface area contributed by atoms with E-state index in [2.05, 4.69) is 21.7 Å². The Kier molecular flexibility index (Phi) is 6.58. The van der Waals surface area contributed by atoms with Gasteiger partial charge in [0, 0.05) is 30.2 Å². The number of urea groups is 1. The number of carbonyl (C=O) groups excluding carboxylic acids is 1. The molecule has 3 rings (SSSR count). The number of nitriles is 1. The summed E-state index contributed by atoms with van der Waals surface area (Å²) in [4.78, 5) is 16.2. The van der Waals surface area contributed by atoms with Gasteiger partial charge in [-0.1, -0.05) is 36.4 Å². The van der Waals surface area contributed by atoms with Crippen LogP contribution >= 0.6 is 0 Å². The number of pyridine rings is 1. The maximum atomic E-state index is 12.2. The van der Waals surface area contributed by atoms with Gasteiger partial charge in [-0.15, -0.1) is 0 Å². The fraction of sp³-hybridized carbons (Fsp3) is 0.136. The Morgan fingerprint density at radius 3 is 2.61 bits per heavy atom. The highest BCUT2D eigenvalue weighted by Gasteiger charge is 2.07. The van der Waals surface area contributed by atoms with E-state index in [-0.39, 0.29) is 6.03 Å². The van der Waals surface area contributed by atoms with E-state index in [1.165, 1.54) is 0 Å². The van der Waals surface area contributed by atoms with Gasteiger partial charge in [-0.3, -0.25) is 4.98 Å². The van der Waals surface area contributed by atoms with E-state index in [9.17, 15) is 4.79 Å². The average Bonchev–Trinajstić information content (AvgIpc) is 2.74. The van der Waals surface area contributed by atoms with Crippen LogP contribution in [0.2, 0.25) is 0 Å². The standard InChI is InChI=1S/C22H20N4O2/c23-12-11-17-7-9-20(10-8-17)28-16-19-5-1-2-6-21(19)26-22(27)25-15-18-4-3-13-24-14-18/h1-10,13-14H,11,15-16H2,(H2,25,26,27). The van der Waals surface area contributed by atoms with Gasteiger partial charge >= 0.3 is 6.03 Å². The Morgan fingerprint density at radius 2 is 1.86 bits per heavy atom. The molecule has 0 spiro atoms. The Morgan fingerprint density at radius 1 is 1.04 bits per heavy atom. The zero-order valence-electron chi connectivity index (χ0n) is 15.3. The van der Waals surface area contributed by atoms with Crippen LogP contribution in [0.25, 0.3) is 0 Å². The molecule has 0 aliphatic rings. The van der Waals surface area contributed by atoms with Gasteiger partial charge in [0.05, 0.1) is 12.5 Å².